The third-order valence-corrected chi connectivity index (χ3v) is 3.71. The summed E-state index contributed by atoms with van der Waals surface area (Å²) in [6, 6.07) is 0.783. The summed E-state index contributed by atoms with van der Waals surface area (Å²) in [5.74, 6) is 0.946. The lowest BCUT2D eigenvalue weighted by atomic mass is 10.0. The molecule has 0 aliphatic heterocycles. The van der Waals surface area contributed by atoms with Crippen molar-refractivity contribution in [2.45, 2.75) is 77.9 Å². The molecule has 1 saturated carbocycles. The van der Waals surface area contributed by atoms with Gasteiger partial charge in [0, 0.05) is 12.6 Å². The zero-order valence-electron chi connectivity index (χ0n) is 12.0. The second-order valence-corrected chi connectivity index (χ2v) is 5.89. The number of nitrogens with one attached hydrogen (secondary N) is 1. The topological polar surface area (TPSA) is 21.3 Å². The molecule has 1 rings (SSSR count). The highest BCUT2D eigenvalue weighted by Gasteiger charge is 2.14. The SMILES string of the molecule is CC1CCCC(NCCCCOC(C)C)CC1. The summed E-state index contributed by atoms with van der Waals surface area (Å²) >= 11 is 0. The zero-order valence-corrected chi connectivity index (χ0v) is 12.0. The van der Waals surface area contributed by atoms with Gasteiger partial charge < -0.3 is 10.1 Å². The molecular formula is C15H31NO. The van der Waals surface area contributed by atoms with Gasteiger partial charge in [-0.1, -0.05) is 19.8 Å². The van der Waals surface area contributed by atoms with Crippen LogP contribution in [0, 0.1) is 5.92 Å². The highest BCUT2D eigenvalue weighted by Crippen LogP contribution is 2.22. The number of rotatable bonds is 7. The van der Waals surface area contributed by atoms with Crippen molar-refractivity contribution in [1.29, 1.82) is 0 Å². The van der Waals surface area contributed by atoms with E-state index in [9.17, 15) is 0 Å². The van der Waals surface area contributed by atoms with Gasteiger partial charge in [-0.3, -0.25) is 0 Å². The highest BCUT2D eigenvalue weighted by atomic mass is 16.5. The van der Waals surface area contributed by atoms with Crippen LogP contribution in [0.1, 0.15) is 65.7 Å². The van der Waals surface area contributed by atoms with Crippen LogP contribution in [-0.2, 0) is 4.74 Å². The molecule has 0 aromatic heterocycles. The fourth-order valence-electron chi connectivity index (χ4n) is 2.54. The van der Waals surface area contributed by atoms with Gasteiger partial charge in [0.05, 0.1) is 6.10 Å². The Morgan fingerprint density at radius 2 is 1.94 bits per heavy atom. The summed E-state index contributed by atoms with van der Waals surface area (Å²) in [5, 5.41) is 3.71. The van der Waals surface area contributed by atoms with E-state index in [2.05, 4.69) is 26.1 Å². The molecule has 2 nitrogen and oxygen atoms in total. The number of ether oxygens (including phenoxy) is 1. The van der Waals surface area contributed by atoms with Crippen LogP contribution in [0.15, 0.2) is 0 Å². The summed E-state index contributed by atoms with van der Waals surface area (Å²) in [6.45, 7) is 8.68. The first-order chi connectivity index (χ1) is 8.18. The van der Waals surface area contributed by atoms with Crippen LogP contribution in [-0.4, -0.2) is 25.3 Å². The Hall–Kier alpha value is -0.0800. The van der Waals surface area contributed by atoms with E-state index in [1.54, 1.807) is 0 Å². The van der Waals surface area contributed by atoms with Crippen LogP contribution in [0.2, 0.25) is 0 Å². The van der Waals surface area contributed by atoms with Crippen molar-refractivity contribution in [1.82, 2.24) is 5.32 Å². The Bertz CT molecular complexity index is 182. The number of hydrogen-bond donors (Lipinski definition) is 1. The van der Waals surface area contributed by atoms with E-state index in [0.29, 0.717) is 6.10 Å². The summed E-state index contributed by atoms with van der Waals surface area (Å²) in [7, 11) is 0. The standard InChI is InChI=1S/C15H31NO/c1-13(2)17-12-5-4-11-16-15-8-6-7-14(3)9-10-15/h13-16H,4-12H2,1-3H3. The molecule has 1 aliphatic rings. The van der Waals surface area contributed by atoms with Crippen molar-refractivity contribution >= 4 is 0 Å². The van der Waals surface area contributed by atoms with Gasteiger partial charge in [-0.2, -0.15) is 0 Å². The van der Waals surface area contributed by atoms with Crippen molar-refractivity contribution in [2.75, 3.05) is 13.2 Å². The lowest BCUT2D eigenvalue weighted by molar-refractivity contribution is 0.0759. The van der Waals surface area contributed by atoms with E-state index in [1.165, 1.54) is 51.5 Å². The molecule has 2 unspecified atom stereocenters. The van der Waals surface area contributed by atoms with Crippen LogP contribution >= 0.6 is 0 Å². The largest absolute Gasteiger partial charge is 0.379 e. The first kappa shape index (κ1) is 15.0. The molecule has 2 atom stereocenters. The average molecular weight is 241 g/mol. The second-order valence-electron chi connectivity index (χ2n) is 5.89. The van der Waals surface area contributed by atoms with Gasteiger partial charge in [0.1, 0.15) is 0 Å². The predicted molar refractivity (Wildman–Crippen MR) is 74.4 cm³/mol. The van der Waals surface area contributed by atoms with Crippen LogP contribution in [0.3, 0.4) is 0 Å². The Kier molecular flexibility index (Phi) is 7.87. The summed E-state index contributed by atoms with van der Waals surface area (Å²) < 4.78 is 5.54. The smallest absolute Gasteiger partial charge is 0.0518 e. The maximum absolute atomic E-state index is 5.54. The lowest BCUT2D eigenvalue weighted by Crippen LogP contribution is -2.29. The second kappa shape index (κ2) is 8.93. The van der Waals surface area contributed by atoms with Crippen LogP contribution in [0.4, 0.5) is 0 Å². The maximum Gasteiger partial charge on any atom is 0.0518 e. The molecule has 102 valence electrons. The van der Waals surface area contributed by atoms with E-state index >= 15 is 0 Å². The van der Waals surface area contributed by atoms with Crippen molar-refractivity contribution in [3.8, 4) is 0 Å². The summed E-state index contributed by atoms with van der Waals surface area (Å²) in [6.07, 6.45) is 9.83. The monoisotopic (exact) mass is 241 g/mol. The van der Waals surface area contributed by atoms with E-state index in [4.69, 9.17) is 4.74 Å². The molecule has 0 spiro atoms. The van der Waals surface area contributed by atoms with E-state index < -0.39 is 0 Å². The van der Waals surface area contributed by atoms with E-state index in [-0.39, 0.29) is 0 Å². The van der Waals surface area contributed by atoms with E-state index in [0.717, 1.165) is 18.6 Å². The van der Waals surface area contributed by atoms with Gasteiger partial charge in [0.2, 0.25) is 0 Å². The molecule has 1 aliphatic carbocycles. The first-order valence-corrected chi connectivity index (χ1v) is 7.53. The number of unbranched alkanes of at least 4 members (excludes halogenated alkanes) is 1. The minimum absolute atomic E-state index is 0.381. The van der Waals surface area contributed by atoms with Crippen LogP contribution < -0.4 is 5.32 Å². The predicted octanol–water partition coefficient (Wildman–Crippen LogP) is 3.75. The fourth-order valence-corrected chi connectivity index (χ4v) is 2.54. The average Bonchev–Trinajstić information content (AvgIpc) is 2.48. The molecule has 0 aromatic carbocycles. The molecular weight excluding hydrogens is 210 g/mol. The molecule has 2 heteroatoms. The molecule has 0 heterocycles. The highest BCUT2D eigenvalue weighted by molar-refractivity contribution is 4.73. The van der Waals surface area contributed by atoms with Crippen molar-refractivity contribution in [2.24, 2.45) is 5.92 Å². The van der Waals surface area contributed by atoms with Crippen molar-refractivity contribution in [3.63, 3.8) is 0 Å². The van der Waals surface area contributed by atoms with Gasteiger partial charge in [-0.15, -0.1) is 0 Å². The summed E-state index contributed by atoms with van der Waals surface area (Å²) in [5.41, 5.74) is 0. The van der Waals surface area contributed by atoms with Crippen LogP contribution in [0.5, 0.6) is 0 Å². The third kappa shape index (κ3) is 7.77. The number of hydrogen-bond acceptors (Lipinski definition) is 2. The van der Waals surface area contributed by atoms with Gasteiger partial charge in [-0.25, -0.2) is 0 Å². The summed E-state index contributed by atoms with van der Waals surface area (Å²) in [4.78, 5) is 0. The van der Waals surface area contributed by atoms with Crippen LogP contribution in [0.25, 0.3) is 0 Å². The quantitative estimate of drug-likeness (QED) is 0.541. The fraction of sp³-hybridized carbons (Fsp3) is 1.00. The van der Waals surface area contributed by atoms with Gasteiger partial charge in [0.25, 0.3) is 0 Å². The Morgan fingerprint density at radius 3 is 2.71 bits per heavy atom. The Balaban J connectivity index is 1.95. The molecule has 1 fully saturated rings. The molecule has 0 saturated heterocycles. The molecule has 1 N–H and O–H groups in total. The first-order valence-electron chi connectivity index (χ1n) is 7.53. The van der Waals surface area contributed by atoms with Gasteiger partial charge in [0.15, 0.2) is 0 Å². The minimum atomic E-state index is 0.381. The molecule has 0 radical (unpaired) electrons. The lowest BCUT2D eigenvalue weighted by Gasteiger charge is -2.16. The minimum Gasteiger partial charge on any atom is -0.379 e. The Morgan fingerprint density at radius 1 is 1.12 bits per heavy atom. The Labute approximate surface area is 108 Å². The zero-order chi connectivity index (χ0) is 12.5. The van der Waals surface area contributed by atoms with Crippen molar-refractivity contribution in [3.05, 3.63) is 0 Å². The molecule has 0 bridgehead atoms. The molecule has 17 heavy (non-hydrogen) atoms. The normalized spacial score (nSPS) is 26.1. The molecule has 0 amide bonds. The van der Waals surface area contributed by atoms with Gasteiger partial charge in [-0.05, 0) is 58.4 Å². The maximum atomic E-state index is 5.54. The molecule has 0 aromatic rings. The van der Waals surface area contributed by atoms with E-state index in [1.807, 2.05) is 0 Å². The van der Waals surface area contributed by atoms with Crippen molar-refractivity contribution < 1.29 is 4.74 Å². The third-order valence-electron chi connectivity index (χ3n) is 3.71. The van der Waals surface area contributed by atoms with Gasteiger partial charge >= 0.3 is 0 Å².